The Kier molecular flexibility index (Phi) is 47.6. The number of hydrogen-bond acceptors (Lipinski definition) is 24. The van der Waals surface area contributed by atoms with Crippen molar-refractivity contribution in [3.63, 3.8) is 0 Å². The summed E-state index contributed by atoms with van der Waals surface area (Å²) in [5, 5.41) is 15.2. The number of carbonyl (C=O) groups excluding carboxylic acids is 5. The minimum Gasteiger partial charge on any atom is -0.490 e. The number of primary amides is 3. The van der Waals surface area contributed by atoms with E-state index < -0.39 is 37.0 Å². The number of nitrogens with two attached hydrogens (primary N) is 3. The van der Waals surface area contributed by atoms with E-state index in [0.717, 1.165) is 163 Å². The van der Waals surface area contributed by atoms with Crippen LogP contribution in [0.15, 0.2) is 192 Å². The molecule has 8 aromatic rings. The number of halogens is 5. The molecule has 9 heterocycles. The summed E-state index contributed by atoms with van der Waals surface area (Å²) in [7, 11) is -1.25. The van der Waals surface area contributed by atoms with Crippen LogP contribution in [0.1, 0.15) is 275 Å². The lowest BCUT2D eigenvalue weighted by Crippen LogP contribution is -2.48. The van der Waals surface area contributed by atoms with Crippen LogP contribution >= 0.6 is 77.7 Å². The third kappa shape index (κ3) is 37.3. The molecule has 3 aromatic heterocycles. The van der Waals surface area contributed by atoms with E-state index in [1.54, 1.807) is 29.2 Å². The molecule has 6 saturated heterocycles. The molecule has 812 valence electrons. The first-order chi connectivity index (χ1) is 71.5. The summed E-state index contributed by atoms with van der Waals surface area (Å²) in [5.74, 6) is 4.50. The molecular formula is C114H156B3Br2Cl2IN12O16. The molecule has 28 nitrogen and oxygen atoms in total. The maximum atomic E-state index is 12.1. The molecule has 0 atom stereocenters. The van der Waals surface area contributed by atoms with Gasteiger partial charge in [-0.05, 0) is 396 Å². The summed E-state index contributed by atoms with van der Waals surface area (Å²) >= 11 is 19.6. The van der Waals surface area contributed by atoms with Crippen LogP contribution in [0, 0.1) is 3.57 Å². The Labute approximate surface area is 930 Å². The Morgan fingerprint density at radius 1 is 0.393 bits per heavy atom. The van der Waals surface area contributed by atoms with E-state index in [-0.39, 0.29) is 69.6 Å². The predicted octanol–water partition coefficient (Wildman–Crippen LogP) is 22.0. The van der Waals surface area contributed by atoms with Crippen LogP contribution in [-0.2, 0) is 37.5 Å². The fourth-order valence-electron chi connectivity index (χ4n) is 18.5. The van der Waals surface area contributed by atoms with Gasteiger partial charge in [0.15, 0.2) is 0 Å². The van der Waals surface area contributed by atoms with E-state index in [2.05, 4.69) is 150 Å². The normalized spacial score (nSPS) is 19.8. The second kappa shape index (κ2) is 58.7. The molecule has 6 aliphatic heterocycles. The maximum absolute atomic E-state index is 12.1. The number of allylic oxidation sites excluding steroid dienone is 1. The smallest absolute Gasteiger partial charge is 0.490 e. The molecule has 36 heteroatoms. The number of amides is 4. The molecule has 0 unspecified atom stereocenters. The predicted molar refractivity (Wildman–Crippen MR) is 619 cm³/mol. The highest BCUT2D eigenvalue weighted by Crippen LogP contribution is 2.45. The Morgan fingerprint density at radius 2 is 0.673 bits per heavy atom. The molecule has 0 spiro atoms. The van der Waals surface area contributed by atoms with Crippen molar-refractivity contribution < 1.29 is 76.0 Å². The van der Waals surface area contributed by atoms with Crippen LogP contribution < -0.4 is 66.9 Å². The van der Waals surface area contributed by atoms with Crippen LogP contribution in [-0.4, -0.2) is 218 Å². The molecule has 11 fully saturated rings. The van der Waals surface area contributed by atoms with Gasteiger partial charge in [-0.2, -0.15) is 0 Å². The SMILES string of the molecule is Brc1ccc(I)cc1.Brc1ccc(OC2CCCCC2)cc1.C=CC(=O)Cl.C=CC(=O)N1CCN(c2ccc(C(N)=O)c(-c3ccc(OC4CCCCC4)cc3)n2)CC1.CC1(C)OB(B2OC(C)(C)C(C)(C)O2)OC1(C)C.CC1(C)OB(c2ccc(OC3CCCCC3)cc2)OC1(C)C.NC(=O)c1ccc(N2CCNCC2)nc1-c1ccc(OC2CCCCC2)cc1.NC(=O)c1ccc(N2CCNCC2)nc1Cl.OC1CCCCC1. The molecule has 0 radical (unpaired) electrons. The first-order valence-electron chi connectivity index (χ1n) is 53.4. The van der Waals surface area contributed by atoms with Gasteiger partial charge in [0, 0.05) is 102 Å². The van der Waals surface area contributed by atoms with Crippen molar-refractivity contribution in [2.24, 2.45) is 17.2 Å². The first kappa shape index (κ1) is 121. The number of nitrogens with one attached hydrogen (secondary N) is 2. The van der Waals surface area contributed by atoms with Gasteiger partial charge in [0.2, 0.25) is 11.1 Å². The number of carbonyl (C=O) groups is 5. The number of pyridine rings is 3. The highest BCUT2D eigenvalue weighted by Gasteiger charge is 2.64. The van der Waals surface area contributed by atoms with Gasteiger partial charge in [0.1, 0.15) is 45.6 Å². The van der Waals surface area contributed by atoms with Gasteiger partial charge >= 0.3 is 21.1 Å². The monoisotopic (exact) mass is 2340 g/mol. The molecule has 150 heavy (non-hydrogen) atoms. The Balaban J connectivity index is 0.000000167. The number of anilines is 3. The van der Waals surface area contributed by atoms with Crippen LogP contribution in [0.2, 0.25) is 5.15 Å². The molecule has 0 bridgehead atoms. The zero-order valence-corrected chi connectivity index (χ0v) is 96.5. The summed E-state index contributed by atoms with van der Waals surface area (Å²) < 4.78 is 63.7. The lowest BCUT2D eigenvalue weighted by Gasteiger charge is -2.35. The number of nitrogens with zero attached hydrogens (tertiary/aromatic N) is 7. The number of benzene rings is 5. The summed E-state index contributed by atoms with van der Waals surface area (Å²) in [5.41, 5.74) is 19.4. The largest absolute Gasteiger partial charge is 0.494 e. The van der Waals surface area contributed by atoms with Crippen LogP contribution in [0.25, 0.3) is 22.5 Å². The molecule has 5 saturated carbocycles. The lowest BCUT2D eigenvalue weighted by molar-refractivity contribution is -0.126. The van der Waals surface area contributed by atoms with E-state index in [1.165, 1.54) is 132 Å². The minimum absolute atomic E-state index is 0.0359. The number of aliphatic hydroxyl groups is 1. The summed E-state index contributed by atoms with van der Waals surface area (Å²) in [4.78, 5) is 78.3. The van der Waals surface area contributed by atoms with Crippen LogP contribution in [0.4, 0.5) is 17.5 Å². The zero-order chi connectivity index (χ0) is 108. The van der Waals surface area contributed by atoms with E-state index in [1.807, 2.05) is 165 Å². The average Bonchev–Trinajstić information content (AvgIpc) is 1.59. The van der Waals surface area contributed by atoms with Crippen molar-refractivity contribution in [2.75, 3.05) is 93.2 Å². The molecule has 5 aliphatic carbocycles. The fourth-order valence-corrected chi connectivity index (χ4v) is 19.7. The van der Waals surface area contributed by atoms with Gasteiger partial charge < -0.3 is 99.4 Å². The van der Waals surface area contributed by atoms with Gasteiger partial charge in [0.25, 0.3) is 17.7 Å². The third-order valence-electron chi connectivity index (χ3n) is 29.6. The van der Waals surface area contributed by atoms with Crippen molar-refractivity contribution in [1.82, 2.24) is 30.5 Å². The average molecular weight is 2340 g/mol. The van der Waals surface area contributed by atoms with Gasteiger partial charge in [-0.3, -0.25) is 24.0 Å². The number of aliphatic hydroxyl groups excluding tert-OH is 1. The number of rotatable bonds is 20. The molecule has 4 amide bonds. The number of piperazine rings is 3. The van der Waals surface area contributed by atoms with Crippen molar-refractivity contribution in [1.29, 1.82) is 0 Å². The second-order valence-corrected chi connectivity index (χ2v) is 46.2. The van der Waals surface area contributed by atoms with Crippen molar-refractivity contribution in [3.05, 3.63) is 217 Å². The Morgan fingerprint density at radius 3 is 0.960 bits per heavy atom. The van der Waals surface area contributed by atoms with E-state index >= 15 is 0 Å². The molecule has 9 N–H and O–H groups in total. The van der Waals surface area contributed by atoms with Crippen molar-refractivity contribution in [2.45, 2.75) is 308 Å². The van der Waals surface area contributed by atoms with Crippen LogP contribution in [0.3, 0.4) is 0 Å². The molecule has 5 aromatic carbocycles. The summed E-state index contributed by atoms with van der Waals surface area (Å²) in [6, 6.07) is 50.7. The van der Waals surface area contributed by atoms with Crippen molar-refractivity contribution in [3.8, 4) is 45.5 Å². The number of aromatic nitrogens is 3. The van der Waals surface area contributed by atoms with Crippen molar-refractivity contribution >= 4 is 151 Å². The Bertz CT molecular complexity index is 5490. The van der Waals surface area contributed by atoms with Gasteiger partial charge in [-0.25, -0.2) is 15.0 Å². The zero-order valence-electron chi connectivity index (χ0n) is 89.7. The minimum atomic E-state index is -0.552. The first-order valence-corrected chi connectivity index (χ1v) is 56.8. The number of ether oxygens (including phenoxy) is 4. The summed E-state index contributed by atoms with van der Waals surface area (Å²) in [6.45, 7) is 41.0. The summed E-state index contributed by atoms with van der Waals surface area (Å²) in [6.07, 6.45) is 34.5. The van der Waals surface area contributed by atoms with Gasteiger partial charge in [0.05, 0.1) is 92.2 Å². The maximum Gasteiger partial charge on any atom is 0.494 e. The van der Waals surface area contributed by atoms with E-state index in [4.69, 9.17) is 102 Å². The standard InChI is InChI=1S/C25H30N4O3.C22H28N4O2.C18H27BO3.C12H24B2O4.C12H15BrO.C10H13ClN4O.C6H4BrI.C6H12O.C3H3ClO/c1-2-23(30)29-16-14-28(15-17-29)22-13-12-21(25(26)31)24(27-22)18-8-10-20(11-9-18)32-19-6-4-3-5-7-19;23-22(27)19-10-11-20(26-14-12-24-13-15-26)25-21(19)16-6-8-18(9-7-16)28-17-4-2-1-3-5-17;1-17(2)18(3,4)22-19(21-17)14-10-12-16(13-11-14)20-15-8-6-5-7-9-15;1-9(2)10(3,4)16-13(15-9)14-17-11(5,6)12(7,8)18-14;13-10-6-8-12(9-7-10)14-11-4-2-1-3-5-11;11-9-7(10(12)16)1-2-8(14-9)15-5-3-13-4-6-15;7-5-1-3-6(8)4-2-5;7-6-4-2-1-3-5-6;1-2-3(4)5/h2,8-13,19H,1,3-7,14-17H2,(H2,26,31);6-11,17,24H,1-5,12-15H2,(H2,23,27);10-13,15H,5-9H2,1-4H3;1-8H3;6-9,11H,1-5H2;1-2,13H,3-6H2,(H2,12,16);1-4H;6-7H,1-5H2;2H,1H2. The molecular weight excluding hydrogens is 2180 g/mol. The number of hydrogen-bond donors (Lipinski definition) is 6. The third-order valence-corrected chi connectivity index (χ3v) is 31.8. The van der Waals surface area contributed by atoms with E-state index in [0.29, 0.717) is 67.0 Å². The highest BCUT2D eigenvalue weighted by atomic mass is 127. The van der Waals surface area contributed by atoms with E-state index in [9.17, 15) is 24.0 Å². The highest BCUT2D eigenvalue weighted by molar-refractivity contribution is 14.1. The fraction of sp³-hybridized carbons (Fsp3) is 0.526. The molecule has 11 aliphatic rings. The lowest BCUT2D eigenvalue weighted by atomic mass is 9.49. The topological polar surface area (TPSA) is 352 Å². The van der Waals surface area contributed by atoms with Crippen LogP contribution in [0.5, 0.6) is 23.0 Å². The quantitative estimate of drug-likeness (QED) is 0.0136. The van der Waals surface area contributed by atoms with Gasteiger partial charge in [-0.15, -0.1) is 0 Å². The molecule has 19 rings (SSSR count). The van der Waals surface area contributed by atoms with Gasteiger partial charge in [-0.1, -0.05) is 114 Å². The Hall–Kier alpha value is -8.72. The second-order valence-electron chi connectivity index (χ2n) is 42.4.